The third-order valence-electron chi connectivity index (χ3n) is 21.1. The van der Waals surface area contributed by atoms with Crippen molar-refractivity contribution in [3.8, 4) is 34.5 Å². The maximum Gasteiger partial charge on any atom is 0.161 e. The van der Waals surface area contributed by atoms with Gasteiger partial charge in [-0.1, -0.05) is 205 Å². The number of rotatable bonds is 48. The van der Waals surface area contributed by atoms with Crippen molar-refractivity contribution in [1.29, 1.82) is 0 Å². The van der Waals surface area contributed by atoms with Gasteiger partial charge in [0.05, 0.1) is 39.6 Å². The van der Waals surface area contributed by atoms with Gasteiger partial charge in [-0.05, 0) is 252 Å². The molecule has 0 saturated heterocycles. The number of ether oxygens (including phenoxy) is 6. The van der Waals surface area contributed by atoms with Gasteiger partial charge in [-0.25, -0.2) is 0 Å². The molecular weight excluding hydrogens is 1100 g/mol. The lowest BCUT2D eigenvalue weighted by Gasteiger charge is -2.25. The molecule has 0 spiro atoms. The second kappa shape index (κ2) is 40.7. The molecule has 0 fully saturated rings. The fourth-order valence-corrected chi connectivity index (χ4v) is 15.3. The second-order valence-corrected chi connectivity index (χ2v) is 32.6. The predicted molar refractivity (Wildman–Crippen MR) is 394 cm³/mol. The third kappa shape index (κ3) is 27.4. The molecule has 0 N–H and O–H groups in total. The van der Waals surface area contributed by atoms with E-state index in [1.54, 1.807) is 0 Å². The van der Waals surface area contributed by atoms with Gasteiger partial charge in [0.15, 0.2) is 34.5 Å². The minimum Gasteiger partial charge on any atom is -0.489 e. The SMILES string of the molecule is CC[C@@H](C)C[C@@H](C)C[C@@H](C)COc1cc2c3cc(OC[C@H](C)C[C@H](C)C[C@H](C)CC)c(OC[C@H](C)C[C@H](C)C[C@H](C)CC)cc3c3cc(OC[C@H](C)C[C@H](C)C[C@H](C)CC)c(OC[C@H](C)C[C@H](C)C[C@H](C)CC)cc3c2cc1OC[C@H](C)C[C@H](C)C[C@H](C)CC. The van der Waals surface area contributed by atoms with Crippen LogP contribution in [0.5, 0.6) is 34.5 Å². The van der Waals surface area contributed by atoms with Crippen LogP contribution in [-0.2, 0) is 0 Å². The van der Waals surface area contributed by atoms with Gasteiger partial charge < -0.3 is 28.4 Å². The van der Waals surface area contributed by atoms with Crippen LogP contribution in [-0.4, -0.2) is 39.6 Å². The quantitative estimate of drug-likeness (QED) is 0.0411. The van der Waals surface area contributed by atoms with Gasteiger partial charge in [0.25, 0.3) is 0 Å². The summed E-state index contributed by atoms with van der Waals surface area (Å²) in [6, 6.07) is 13.9. The average Bonchev–Trinajstić information content (AvgIpc) is 0.734. The van der Waals surface area contributed by atoms with E-state index in [1.165, 1.54) is 77.0 Å². The summed E-state index contributed by atoms with van der Waals surface area (Å²) >= 11 is 0. The van der Waals surface area contributed by atoms with E-state index >= 15 is 0 Å². The zero-order valence-corrected chi connectivity index (χ0v) is 63.3. The molecule has 6 heteroatoms. The van der Waals surface area contributed by atoms with Crippen molar-refractivity contribution >= 4 is 32.3 Å². The van der Waals surface area contributed by atoms with E-state index in [0.29, 0.717) is 111 Å². The third-order valence-corrected chi connectivity index (χ3v) is 21.1. The number of hydrogen-bond acceptors (Lipinski definition) is 6. The van der Waals surface area contributed by atoms with Crippen LogP contribution < -0.4 is 28.4 Å². The van der Waals surface area contributed by atoms with Gasteiger partial charge in [-0.2, -0.15) is 0 Å². The molecule has 4 rings (SSSR count). The molecule has 0 aliphatic heterocycles. The van der Waals surface area contributed by atoms with E-state index in [4.69, 9.17) is 28.4 Å². The van der Waals surface area contributed by atoms with Crippen LogP contribution in [0.4, 0.5) is 0 Å². The lowest BCUT2D eigenvalue weighted by molar-refractivity contribution is 0.196. The Morgan fingerprint density at radius 2 is 0.289 bits per heavy atom. The van der Waals surface area contributed by atoms with E-state index in [0.717, 1.165) is 141 Å². The van der Waals surface area contributed by atoms with Crippen LogP contribution >= 0.6 is 0 Å². The normalized spacial score (nSPS) is 18.3. The Balaban J connectivity index is 2.09. The van der Waals surface area contributed by atoms with Crippen molar-refractivity contribution in [2.45, 2.75) is 282 Å². The summed E-state index contributed by atoms with van der Waals surface area (Å²) in [7, 11) is 0. The molecule has 18 atom stereocenters. The monoisotopic (exact) mass is 1250 g/mol. The highest BCUT2D eigenvalue weighted by Gasteiger charge is 2.25. The largest absolute Gasteiger partial charge is 0.489 e. The highest BCUT2D eigenvalue weighted by Crippen LogP contribution is 2.48. The van der Waals surface area contributed by atoms with E-state index in [2.05, 4.69) is 203 Å². The van der Waals surface area contributed by atoms with E-state index < -0.39 is 0 Å². The number of hydrogen-bond donors (Lipinski definition) is 0. The maximum atomic E-state index is 7.17. The van der Waals surface area contributed by atoms with Crippen LogP contribution in [0.2, 0.25) is 0 Å². The van der Waals surface area contributed by atoms with Gasteiger partial charge >= 0.3 is 0 Å². The smallest absolute Gasteiger partial charge is 0.161 e. The van der Waals surface area contributed by atoms with Gasteiger partial charge in [0.2, 0.25) is 0 Å². The Bertz CT molecular complexity index is 2120. The van der Waals surface area contributed by atoms with Crippen molar-refractivity contribution in [2.75, 3.05) is 39.6 Å². The summed E-state index contributed by atoms with van der Waals surface area (Å²) < 4.78 is 43.0. The first-order valence-electron chi connectivity index (χ1n) is 38.0. The molecule has 4 aromatic carbocycles. The first-order valence-corrected chi connectivity index (χ1v) is 38.0. The highest BCUT2D eigenvalue weighted by atomic mass is 16.5. The van der Waals surface area contributed by atoms with Crippen LogP contribution in [0.25, 0.3) is 32.3 Å². The first-order chi connectivity index (χ1) is 42.7. The Hall–Kier alpha value is -3.54. The molecule has 516 valence electrons. The highest BCUT2D eigenvalue weighted by molar-refractivity contribution is 6.26. The van der Waals surface area contributed by atoms with Crippen molar-refractivity contribution in [3.05, 3.63) is 36.4 Å². The molecule has 90 heavy (non-hydrogen) atoms. The van der Waals surface area contributed by atoms with Crippen LogP contribution in [0, 0.1) is 107 Å². The molecule has 0 amide bonds. The van der Waals surface area contributed by atoms with Crippen LogP contribution in [0.15, 0.2) is 36.4 Å². The molecule has 0 heterocycles. The lowest BCUT2D eigenvalue weighted by Crippen LogP contribution is -2.16. The van der Waals surface area contributed by atoms with Crippen molar-refractivity contribution in [3.63, 3.8) is 0 Å². The van der Waals surface area contributed by atoms with Gasteiger partial charge in [0.1, 0.15) is 0 Å². The van der Waals surface area contributed by atoms with Crippen LogP contribution in [0.3, 0.4) is 0 Å². The molecule has 4 aromatic rings. The van der Waals surface area contributed by atoms with Crippen LogP contribution in [0.1, 0.15) is 282 Å². The fourth-order valence-electron chi connectivity index (χ4n) is 15.3. The van der Waals surface area contributed by atoms with Gasteiger partial charge in [0, 0.05) is 0 Å². The molecule has 0 aliphatic carbocycles. The average molecular weight is 1250 g/mol. The van der Waals surface area contributed by atoms with Gasteiger partial charge in [-0.15, -0.1) is 0 Å². The molecular formula is C84H144O6. The Labute approximate surface area is 556 Å². The zero-order valence-electron chi connectivity index (χ0n) is 63.3. The molecule has 0 aliphatic rings. The Kier molecular flexibility index (Phi) is 35.6. The summed E-state index contributed by atoms with van der Waals surface area (Å²) in [5, 5.41) is 6.68. The number of benzene rings is 4. The first kappa shape index (κ1) is 78.9. The maximum absolute atomic E-state index is 7.17. The number of fused-ring (bicyclic) bond motifs is 6. The molecule has 0 unspecified atom stereocenters. The Morgan fingerprint density at radius 1 is 0.178 bits per heavy atom. The summed E-state index contributed by atoms with van der Waals surface area (Å²) in [5.41, 5.74) is 0. The predicted octanol–water partition coefficient (Wildman–Crippen LogP) is 26.0. The zero-order chi connectivity index (χ0) is 66.8. The molecule has 0 aromatic heterocycles. The van der Waals surface area contributed by atoms with E-state index in [1.807, 2.05) is 0 Å². The van der Waals surface area contributed by atoms with E-state index in [-0.39, 0.29) is 0 Å². The van der Waals surface area contributed by atoms with E-state index in [9.17, 15) is 0 Å². The second-order valence-electron chi connectivity index (χ2n) is 32.6. The lowest BCUT2D eigenvalue weighted by atomic mass is 9.88. The summed E-state index contributed by atoms with van der Waals surface area (Å²) in [6.45, 7) is 60.8. The van der Waals surface area contributed by atoms with Gasteiger partial charge in [-0.3, -0.25) is 0 Å². The summed E-state index contributed by atoms with van der Waals surface area (Å²) in [4.78, 5) is 0. The minimum atomic E-state index is 0.376. The summed E-state index contributed by atoms with van der Waals surface area (Å²) in [5.74, 6) is 15.2. The standard InChI is InChI=1S/C84H144O6/c1-25-55(7)31-61(13)37-67(19)49-85-79-43-73-74(44-80(79)86-50-68(20)38-62(14)32-56(8)26-2)76-46-82(88-52-70(22)40-64(16)34-58(10)28-4)84(90-54-72(24)42-66(18)36-60(12)30-6)48-78(76)77-47-83(89-53-71(23)41-65(17)35-59(11)29-5)81(45-75(73)77)87-51-69(21)39-63(15)33-57(9)27-3/h43-48,55-72H,25-42,49-54H2,1-24H3/t55-,56-,57-,58-,59-,60-,61-,62-,63-,64-,65-,66-,67-,68-,69-,70-,71-,72-/m1/s1. The molecule has 0 radical (unpaired) electrons. The topological polar surface area (TPSA) is 55.4 Å². The van der Waals surface area contributed by atoms with Crippen molar-refractivity contribution in [1.82, 2.24) is 0 Å². The van der Waals surface area contributed by atoms with Crippen molar-refractivity contribution < 1.29 is 28.4 Å². The molecule has 0 bridgehead atoms. The summed E-state index contributed by atoms with van der Waals surface area (Å²) in [6.07, 6.45) is 21.5. The van der Waals surface area contributed by atoms with Crippen molar-refractivity contribution in [2.24, 2.45) is 107 Å². The Morgan fingerprint density at radius 3 is 0.400 bits per heavy atom. The molecule has 0 saturated carbocycles. The minimum absolute atomic E-state index is 0.376. The fraction of sp³-hybridized carbons (Fsp3) is 0.786. The molecule has 6 nitrogen and oxygen atoms in total.